The number of nitrogens with one attached hydrogen (secondary N) is 4. The molecule has 20 rings (SSSR count). The Kier molecular flexibility index (Phi) is 30.9. The molecule has 3 atom stereocenters. The number of hydrogen-bond donors (Lipinski definition) is 4. The lowest BCUT2D eigenvalue weighted by Gasteiger charge is -2.30. The van der Waals surface area contributed by atoms with Gasteiger partial charge in [-0.2, -0.15) is 40.8 Å². The van der Waals surface area contributed by atoms with Gasteiger partial charge in [0, 0.05) is 264 Å². The van der Waals surface area contributed by atoms with Gasteiger partial charge in [-0.3, -0.25) is 56.6 Å². The molecule has 0 aliphatic carbocycles. The summed E-state index contributed by atoms with van der Waals surface area (Å²) in [5.74, 6) is 0.912. The van der Waals surface area contributed by atoms with E-state index < -0.39 is 37.3 Å². The van der Waals surface area contributed by atoms with E-state index in [0.29, 0.717) is 225 Å². The Hall–Kier alpha value is -13.2. The van der Waals surface area contributed by atoms with Gasteiger partial charge in [0.2, 0.25) is 23.6 Å². The molecule has 4 fully saturated rings. The quantitative estimate of drug-likeness (QED) is 0.0366. The van der Waals surface area contributed by atoms with Gasteiger partial charge >= 0.3 is 0 Å². The molecule has 0 radical (unpaired) electrons. The van der Waals surface area contributed by atoms with Crippen LogP contribution in [-0.4, -0.2) is 201 Å². The van der Waals surface area contributed by atoms with Crippen LogP contribution in [0.1, 0.15) is 215 Å². The monoisotopic (exact) mass is 1960 g/mol. The summed E-state index contributed by atoms with van der Waals surface area (Å²) >= 11 is 0. The molecular weight excluding hydrogens is 1840 g/mol. The van der Waals surface area contributed by atoms with Crippen molar-refractivity contribution in [1.29, 1.82) is 0 Å². The molecule has 4 saturated heterocycles. The van der Waals surface area contributed by atoms with Crippen LogP contribution in [0.25, 0.3) is 44.5 Å². The molecule has 0 spiro atoms. The Labute approximate surface area is 807 Å². The lowest BCUT2D eigenvalue weighted by Crippen LogP contribution is -2.36. The lowest BCUT2D eigenvalue weighted by molar-refractivity contribution is -0.132. The highest BCUT2D eigenvalue weighted by atomic mass is 19.3. The maximum absolute atomic E-state index is 15.3. The number of carbonyl (C=O) groups is 4. The SMILES string of the molecule is CCC(=O)N1CCc2c(c(Nc3cc(C(F)F)c(-c4cnn(C)c4)cc3F)nn2C2CCOCC2)C1.CCC(=O)N1CCc2c(c(Nc3ccc(-c4cnn(C)c4)c(C(F)F)c3)nn2C2CCOC2)C1.CCCC(=O)N1CCc2c(c(Nc3cc(C(F)F)c(-c4cnn(C)c4)cc3F)nn2C2CCOC2)C1.CCCC(=O)N1CCc2c(c(Nc3ccc(-c4cnn(C)c4)c(C(F)F)c3)nn2C2CCOC2)C1. The number of benzene rings is 4. The second kappa shape index (κ2) is 43.9. The normalized spacial score (nSPS) is 17.4. The van der Waals surface area contributed by atoms with Crippen LogP contribution in [0.15, 0.2) is 110 Å². The fourth-order valence-corrected chi connectivity index (χ4v) is 19.7. The molecule has 8 aromatic heterocycles. The lowest BCUT2D eigenvalue weighted by atomic mass is 10.0. The van der Waals surface area contributed by atoms with E-state index in [2.05, 4.69) is 41.7 Å². The second-order valence-corrected chi connectivity index (χ2v) is 36.5. The molecule has 8 aliphatic heterocycles. The Morgan fingerprint density at radius 1 is 0.362 bits per heavy atom. The number of ether oxygens (including phenoxy) is 4. The maximum Gasteiger partial charge on any atom is 0.264 e. The highest BCUT2D eigenvalue weighted by molar-refractivity contribution is 5.82. The number of nitrogens with zero attached hydrogens (tertiary/aromatic N) is 20. The number of hydrogen-bond acceptors (Lipinski definition) is 20. The highest BCUT2D eigenvalue weighted by Gasteiger charge is 2.39. The minimum Gasteiger partial charge on any atom is -0.381 e. The minimum atomic E-state index is -2.81. The zero-order chi connectivity index (χ0) is 99.1. The Morgan fingerprint density at radius 2 is 0.645 bits per heavy atom. The zero-order valence-corrected chi connectivity index (χ0v) is 79.9. The number of rotatable bonds is 26. The smallest absolute Gasteiger partial charge is 0.264 e. The number of halogens is 10. The number of fused-ring (bicyclic) bond motifs is 4. The van der Waals surface area contributed by atoms with Crippen LogP contribution in [0.2, 0.25) is 0 Å². The van der Waals surface area contributed by atoms with Gasteiger partial charge in [0.15, 0.2) is 23.3 Å². The maximum atomic E-state index is 15.3. The summed E-state index contributed by atoms with van der Waals surface area (Å²) in [6.45, 7) is 16.6. The Morgan fingerprint density at radius 3 is 0.929 bits per heavy atom. The van der Waals surface area contributed by atoms with E-state index in [4.69, 9.17) is 39.3 Å². The van der Waals surface area contributed by atoms with Crippen molar-refractivity contribution < 1.29 is 82.0 Å². The molecule has 42 heteroatoms. The average molecular weight is 1960 g/mol. The Bertz CT molecular complexity index is 6470. The molecular formula is C99H116F10N24O8. The van der Waals surface area contributed by atoms with Crippen molar-refractivity contribution in [3.63, 3.8) is 0 Å². The number of alkyl halides is 8. The van der Waals surface area contributed by atoms with Crippen LogP contribution in [0.3, 0.4) is 0 Å². The summed E-state index contributed by atoms with van der Waals surface area (Å²) in [6.07, 6.45) is 11.8. The highest BCUT2D eigenvalue weighted by Crippen LogP contribution is 2.45. The van der Waals surface area contributed by atoms with Crippen LogP contribution in [0, 0.1) is 11.6 Å². The van der Waals surface area contributed by atoms with Crippen molar-refractivity contribution in [3.05, 3.63) is 189 Å². The first kappa shape index (κ1) is 99.3. The largest absolute Gasteiger partial charge is 0.381 e. The third-order valence-corrected chi connectivity index (χ3v) is 27.0. The van der Waals surface area contributed by atoms with Gasteiger partial charge in [-0.15, -0.1) is 0 Å². The van der Waals surface area contributed by atoms with Crippen molar-refractivity contribution >= 4 is 69.6 Å². The number of anilines is 8. The van der Waals surface area contributed by atoms with E-state index in [1.54, 1.807) is 109 Å². The summed E-state index contributed by atoms with van der Waals surface area (Å²) in [6, 6.07) is 14.8. The van der Waals surface area contributed by atoms with E-state index in [1.165, 1.54) is 33.9 Å². The van der Waals surface area contributed by atoms with E-state index in [1.807, 2.05) is 56.2 Å². The summed E-state index contributed by atoms with van der Waals surface area (Å²) in [5.41, 5.74) is 10.9. The molecule has 0 saturated carbocycles. The molecule has 141 heavy (non-hydrogen) atoms. The van der Waals surface area contributed by atoms with Crippen LogP contribution >= 0.6 is 0 Å². The summed E-state index contributed by atoms with van der Waals surface area (Å²) in [7, 11) is 6.84. The predicted molar refractivity (Wildman–Crippen MR) is 506 cm³/mol. The zero-order valence-electron chi connectivity index (χ0n) is 79.9. The average Bonchev–Trinajstić information content (AvgIpc) is 1.63. The van der Waals surface area contributed by atoms with Crippen LogP contribution < -0.4 is 21.3 Å². The van der Waals surface area contributed by atoms with Gasteiger partial charge in [-0.05, 0) is 116 Å². The van der Waals surface area contributed by atoms with E-state index in [-0.39, 0.29) is 92.6 Å². The van der Waals surface area contributed by atoms with E-state index in [9.17, 15) is 54.3 Å². The molecule has 32 nitrogen and oxygen atoms in total. The van der Waals surface area contributed by atoms with E-state index in [0.717, 1.165) is 114 Å². The summed E-state index contributed by atoms with van der Waals surface area (Å²) < 4.78 is 179. The third-order valence-electron chi connectivity index (χ3n) is 27.0. The van der Waals surface area contributed by atoms with Crippen molar-refractivity contribution in [2.75, 3.05) is 100 Å². The van der Waals surface area contributed by atoms with Gasteiger partial charge < -0.3 is 59.8 Å². The predicted octanol–water partition coefficient (Wildman–Crippen LogP) is 18.3. The van der Waals surface area contributed by atoms with Gasteiger partial charge in [0.25, 0.3) is 25.7 Å². The molecule has 4 N–H and O–H groups in total. The fraction of sp³-hybridized carbons (Fsp3) is 0.475. The fourth-order valence-electron chi connectivity index (χ4n) is 19.7. The van der Waals surface area contributed by atoms with Gasteiger partial charge in [0.1, 0.15) is 11.6 Å². The molecule has 4 aromatic carbocycles. The van der Waals surface area contributed by atoms with Crippen LogP contribution in [-0.2, 0) is 118 Å². The molecule has 0 bridgehead atoms. The second-order valence-electron chi connectivity index (χ2n) is 36.5. The van der Waals surface area contributed by atoms with Gasteiger partial charge in [-0.1, -0.05) is 39.8 Å². The topological polar surface area (TPSA) is 309 Å². The first-order valence-corrected chi connectivity index (χ1v) is 48.0. The van der Waals surface area contributed by atoms with Crippen molar-refractivity contribution in [2.24, 2.45) is 28.2 Å². The number of aromatic nitrogens is 16. The number of carbonyl (C=O) groups excluding carboxylic acids is 4. The molecule has 16 heterocycles. The summed E-state index contributed by atoms with van der Waals surface area (Å²) in [5, 5.41) is 47.9. The third kappa shape index (κ3) is 22.0. The number of aryl methyl sites for hydroxylation is 4. The molecule has 12 aromatic rings. The van der Waals surface area contributed by atoms with E-state index >= 15 is 8.78 Å². The standard InChI is InChI=1S/2C25H29F3N6O2.C25H30F2N6O2.C24H28F2N6O2/c1-3-23(35)33-7-4-22-19(14-33)25(31-34(22)16-5-8-36-9-6-16)30-21-11-18(24(27)28)17(10-20(21)26)15-12-29-32(2)13-15;1-3-4-23(35)33-7-5-22-19(13-33)25(31-34(22)16-6-8-36-14-16)30-21-10-18(24(27)28)17(9-20(21)26)15-11-29-32(2)12-15;1-3-4-23(34)32-9-7-22-21(14-32)25(30-33(22)18-8-10-35-15-18)29-17-5-6-19(20(11-17)24(26)27)16-12-28-31(2)13-16;1-3-22(33)31-8-6-21-20(13-31)24(29-32(21)17-7-9-34-14-17)28-16-4-5-18(19(10-16)23(25)26)15-11-27-30(2)12-15/h10-13,16,24H,3-9,14H2,1-2H3,(H,30,31);9-12,16,24H,3-8,13-14H2,1-2H3,(H,30,31);5-6,11-13,18,24H,3-4,7-10,14-15H2,1-2H3,(H,29,30);4-5,10-12,17,23H,3,6-9,13-14H2,1-2H3,(H,28,29). The minimum absolute atomic E-state index is 0.0254. The van der Waals surface area contributed by atoms with Crippen molar-refractivity contribution in [3.8, 4) is 44.5 Å². The first-order chi connectivity index (χ1) is 68.1. The van der Waals surface area contributed by atoms with Crippen molar-refractivity contribution in [2.45, 2.75) is 200 Å². The Balaban J connectivity index is 0.000000130. The molecule has 3 unspecified atom stereocenters. The van der Waals surface area contributed by atoms with Crippen molar-refractivity contribution in [1.82, 2.24) is 97.8 Å². The van der Waals surface area contributed by atoms with Gasteiger partial charge in [-0.25, -0.2) is 43.9 Å². The summed E-state index contributed by atoms with van der Waals surface area (Å²) in [4.78, 5) is 57.2. The number of amides is 4. The van der Waals surface area contributed by atoms with Crippen LogP contribution in [0.5, 0.6) is 0 Å². The van der Waals surface area contributed by atoms with Crippen LogP contribution in [0.4, 0.5) is 89.9 Å². The molecule has 750 valence electrons. The first-order valence-electron chi connectivity index (χ1n) is 48.0. The molecule has 8 aliphatic rings. The van der Waals surface area contributed by atoms with Gasteiger partial charge in [0.05, 0.1) is 106 Å². The molecule has 4 amide bonds.